The van der Waals surface area contributed by atoms with Crippen LogP contribution in [0.25, 0.3) is 10.9 Å². The Labute approximate surface area is 331 Å². The van der Waals surface area contributed by atoms with Crippen LogP contribution >= 0.6 is 0 Å². The Kier molecular flexibility index (Phi) is 17.4. The molecule has 3 rings (SSSR count). The second kappa shape index (κ2) is 21.8. The van der Waals surface area contributed by atoms with Crippen LogP contribution in [0.5, 0.6) is 0 Å². The summed E-state index contributed by atoms with van der Waals surface area (Å²) in [5.74, 6) is -5.62. The first-order valence-electron chi connectivity index (χ1n) is 18.8. The molecule has 308 valence electrons. The highest BCUT2D eigenvalue weighted by atomic mass is 16.4. The van der Waals surface area contributed by atoms with E-state index >= 15 is 0 Å². The van der Waals surface area contributed by atoms with Gasteiger partial charge in [0.25, 0.3) is 0 Å². The summed E-state index contributed by atoms with van der Waals surface area (Å²) in [4.78, 5) is 106. The molecule has 57 heavy (non-hydrogen) atoms. The Morgan fingerprint density at radius 1 is 0.667 bits per heavy atom. The highest BCUT2D eigenvalue weighted by Gasteiger charge is 2.33. The van der Waals surface area contributed by atoms with Gasteiger partial charge in [-0.05, 0) is 56.7 Å². The van der Waals surface area contributed by atoms with Crippen LogP contribution in [0.1, 0.15) is 65.0 Å². The van der Waals surface area contributed by atoms with E-state index in [-0.39, 0.29) is 31.6 Å². The summed E-state index contributed by atoms with van der Waals surface area (Å²) in [6, 6.07) is 8.16. The number of nitrogens with two attached hydrogens (primary N) is 1. The van der Waals surface area contributed by atoms with Gasteiger partial charge >= 0.3 is 5.97 Å². The van der Waals surface area contributed by atoms with E-state index in [2.05, 4.69) is 36.9 Å². The van der Waals surface area contributed by atoms with E-state index in [0.717, 1.165) is 10.9 Å². The number of para-hydroxylation sites is 1. The summed E-state index contributed by atoms with van der Waals surface area (Å²) >= 11 is 0. The summed E-state index contributed by atoms with van der Waals surface area (Å²) < 4.78 is 0. The molecule has 10 N–H and O–H groups in total. The van der Waals surface area contributed by atoms with E-state index in [9.17, 15) is 43.5 Å². The predicted octanol–water partition coefficient (Wildman–Crippen LogP) is 0.359. The summed E-state index contributed by atoms with van der Waals surface area (Å²) in [6.45, 7) is 8.00. The molecule has 7 atom stereocenters. The zero-order valence-electron chi connectivity index (χ0n) is 32.8. The third-order valence-electron chi connectivity index (χ3n) is 9.01. The molecular weight excluding hydrogens is 736 g/mol. The van der Waals surface area contributed by atoms with Crippen LogP contribution in [0.15, 0.2) is 60.8 Å². The van der Waals surface area contributed by atoms with Gasteiger partial charge in [0.1, 0.15) is 36.5 Å². The first kappa shape index (κ1) is 45.3. The van der Waals surface area contributed by atoms with Crippen LogP contribution in [0.3, 0.4) is 0 Å². The number of hydrogen-bond donors (Lipinski definition) is 9. The first-order valence-corrected chi connectivity index (χ1v) is 18.8. The summed E-state index contributed by atoms with van der Waals surface area (Å²) in [6.07, 6.45) is 1.52. The molecule has 0 radical (unpaired) electrons. The number of amides is 6. The number of nitrogens with one attached hydrogen (secondary N) is 7. The van der Waals surface area contributed by atoms with Gasteiger partial charge in [0, 0.05) is 36.4 Å². The van der Waals surface area contributed by atoms with Crippen molar-refractivity contribution in [1.29, 1.82) is 0 Å². The number of H-pyrrole nitrogens is 1. The number of benzene rings is 2. The SMILES string of the molecule is CC(C)C[C@H](NC(=O)[C@H](Cc1c[nH]c2ccccc12)NC(=O)[C@H](C)NC(=O)[C@H](C)N)C(=O)N[C@@H](Cc1ccccc1)C(=O)N[C@@H](CCC(=O)O)C(=O)N[C@@H](C)C=O. The maximum Gasteiger partial charge on any atom is 0.303 e. The topological polar surface area (TPSA) is 271 Å². The van der Waals surface area contributed by atoms with Crippen molar-refractivity contribution < 1.29 is 43.5 Å². The van der Waals surface area contributed by atoms with Gasteiger partial charge in [0.05, 0.1) is 12.1 Å². The third kappa shape index (κ3) is 14.5. The summed E-state index contributed by atoms with van der Waals surface area (Å²) in [5, 5.41) is 25.7. The molecule has 0 spiro atoms. The van der Waals surface area contributed by atoms with Crippen LogP contribution in [0.4, 0.5) is 0 Å². The number of rotatable bonds is 22. The number of hydrogen-bond acceptors (Lipinski definition) is 9. The number of carboxylic acids is 1. The van der Waals surface area contributed by atoms with Gasteiger partial charge in [-0.1, -0.05) is 62.4 Å². The Bertz CT molecular complexity index is 1880. The molecule has 1 aromatic heterocycles. The molecule has 0 aliphatic carbocycles. The molecule has 0 bridgehead atoms. The van der Waals surface area contributed by atoms with Gasteiger partial charge in [0.2, 0.25) is 35.4 Å². The molecule has 6 amide bonds. The molecule has 17 heteroatoms. The van der Waals surface area contributed by atoms with E-state index in [1.807, 2.05) is 38.1 Å². The Morgan fingerprint density at radius 2 is 1.21 bits per heavy atom. The fourth-order valence-corrected chi connectivity index (χ4v) is 5.91. The van der Waals surface area contributed by atoms with Crippen molar-refractivity contribution in [2.24, 2.45) is 11.7 Å². The zero-order chi connectivity index (χ0) is 42.2. The van der Waals surface area contributed by atoms with Gasteiger partial charge in [-0.25, -0.2) is 0 Å². The van der Waals surface area contributed by atoms with Gasteiger partial charge in [-0.15, -0.1) is 0 Å². The smallest absolute Gasteiger partial charge is 0.303 e. The molecule has 0 fully saturated rings. The average molecular weight is 791 g/mol. The molecule has 2 aromatic carbocycles. The molecule has 0 aliphatic heterocycles. The minimum Gasteiger partial charge on any atom is -0.481 e. The zero-order valence-corrected chi connectivity index (χ0v) is 32.8. The molecule has 0 unspecified atom stereocenters. The molecule has 3 aromatic rings. The summed E-state index contributed by atoms with van der Waals surface area (Å²) in [5.41, 5.74) is 7.81. The fraction of sp³-hybridized carbons (Fsp3) is 0.450. The summed E-state index contributed by atoms with van der Waals surface area (Å²) in [7, 11) is 0. The van der Waals surface area contributed by atoms with Crippen molar-refractivity contribution >= 4 is 58.6 Å². The standard InChI is InChI=1S/C40H54N8O9/c1-22(2)17-31(47-40(57)33(46-36(53)25(5)44-35(52)24(4)41)19-27-20-42-29-14-10-9-13-28(27)29)38(55)48-32(18-26-11-7-6-8-12-26)39(56)45-30(15-16-34(50)51)37(54)43-23(3)21-49/h6-14,20-25,30-33,42H,15-19,41H2,1-5H3,(H,43,54)(H,44,52)(H,45,56)(H,46,53)(H,47,57)(H,48,55)(H,50,51)/t23-,24-,25-,30-,31-,32-,33-/m0/s1. The molecule has 0 aliphatic rings. The van der Waals surface area contributed by atoms with E-state index in [1.54, 1.807) is 36.5 Å². The largest absolute Gasteiger partial charge is 0.481 e. The van der Waals surface area contributed by atoms with Crippen molar-refractivity contribution in [3.8, 4) is 0 Å². The van der Waals surface area contributed by atoms with Crippen molar-refractivity contribution in [1.82, 2.24) is 36.9 Å². The van der Waals surface area contributed by atoms with Crippen molar-refractivity contribution in [3.63, 3.8) is 0 Å². The fourth-order valence-electron chi connectivity index (χ4n) is 5.91. The predicted molar refractivity (Wildman–Crippen MR) is 211 cm³/mol. The lowest BCUT2D eigenvalue weighted by atomic mass is 9.99. The van der Waals surface area contributed by atoms with Crippen LogP contribution in [0, 0.1) is 5.92 Å². The maximum absolute atomic E-state index is 14.1. The molecule has 0 saturated heterocycles. The minimum absolute atomic E-state index is 0.00706. The molecule has 0 saturated carbocycles. The Hall–Kier alpha value is -6.10. The van der Waals surface area contributed by atoms with Gasteiger partial charge in [-0.2, -0.15) is 0 Å². The van der Waals surface area contributed by atoms with Gasteiger partial charge in [-0.3, -0.25) is 33.6 Å². The van der Waals surface area contributed by atoms with E-state index in [1.165, 1.54) is 20.8 Å². The normalized spacial score (nSPS) is 14.8. The number of carboxylic acid groups (broad SMARTS) is 1. The number of aldehydes is 1. The number of aromatic amines is 1. The average Bonchev–Trinajstić information content (AvgIpc) is 3.57. The van der Waals surface area contributed by atoms with E-state index < -0.39 is 90.1 Å². The molecule has 17 nitrogen and oxygen atoms in total. The number of fused-ring (bicyclic) bond motifs is 1. The number of aromatic nitrogens is 1. The van der Waals surface area contributed by atoms with Crippen LogP contribution in [-0.2, 0) is 51.2 Å². The molecular formula is C40H54N8O9. The second-order valence-electron chi connectivity index (χ2n) is 14.5. The highest BCUT2D eigenvalue weighted by molar-refractivity contribution is 5.97. The number of carbonyl (C=O) groups excluding carboxylic acids is 7. The Morgan fingerprint density at radius 3 is 1.82 bits per heavy atom. The first-order chi connectivity index (χ1) is 27.0. The Balaban J connectivity index is 1.92. The van der Waals surface area contributed by atoms with Crippen LogP contribution < -0.4 is 37.6 Å². The monoisotopic (exact) mass is 790 g/mol. The van der Waals surface area contributed by atoms with Crippen molar-refractivity contribution in [3.05, 3.63) is 71.9 Å². The maximum atomic E-state index is 14.1. The lowest BCUT2D eigenvalue weighted by Crippen LogP contribution is -2.60. The minimum atomic E-state index is -1.36. The second-order valence-corrected chi connectivity index (χ2v) is 14.5. The lowest BCUT2D eigenvalue weighted by Gasteiger charge is -2.28. The molecule has 1 heterocycles. The number of carbonyl (C=O) groups is 8. The van der Waals surface area contributed by atoms with E-state index in [0.29, 0.717) is 17.4 Å². The third-order valence-corrected chi connectivity index (χ3v) is 9.01. The quantitative estimate of drug-likeness (QED) is 0.0631. The van der Waals surface area contributed by atoms with Crippen LogP contribution in [-0.4, -0.2) is 100 Å². The lowest BCUT2D eigenvalue weighted by molar-refractivity contribution is -0.138. The van der Waals surface area contributed by atoms with Crippen molar-refractivity contribution in [2.45, 2.75) is 109 Å². The van der Waals surface area contributed by atoms with Gasteiger partial charge < -0.3 is 52.5 Å². The number of aliphatic carboxylic acids is 1. The van der Waals surface area contributed by atoms with Gasteiger partial charge in [0.15, 0.2) is 0 Å². The van der Waals surface area contributed by atoms with E-state index in [4.69, 9.17) is 5.73 Å². The highest BCUT2D eigenvalue weighted by Crippen LogP contribution is 2.20. The van der Waals surface area contributed by atoms with Crippen LogP contribution in [0.2, 0.25) is 0 Å². The van der Waals surface area contributed by atoms with Crippen molar-refractivity contribution in [2.75, 3.05) is 0 Å².